The Morgan fingerprint density at radius 2 is 2.38 bits per heavy atom. The van der Waals surface area contributed by atoms with Gasteiger partial charge in [0.25, 0.3) is 0 Å². The maximum absolute atomic E-state index is 4.51. The summed E-state index contributed by atoms with van der Waals surface area (Å²) in [7, 11) is 0. The maximum atomic E-state index is 4.51. The van der Waals surface area contributed by atoms with Gasteiger partial charge in [-0.3, -0.25) is 4.68 Å². The zero-order valence-electron chi connectivity index (χ0n) is 10.7. The highest BCUT2D eigenvalue weighted by atomic mass is 15.3. The summed E-state index contributed by atoms with van der Waals surface area (Å²) in [6, 6.07) is 2.86. The van der Waals surface area contributed by atoms with Crippen molar-refractivity contribution in [3.8, 4) is 0 Å². The van der Waals surface area contributed by atoms with Crippen molar-refractivity contribution >= 4 is 0 Å². The average Bonchev–Trinajstić information content (AvgIpc) is 2.62. The summed E-state index contributed by atoms with van der Waals surface area (Å²) in [5.41, 5.74) is 2.52. The molecule has 90 valence electrons. The van der Waals surface area contributed by atoms with Crippen LogP contribution in [-0.4, -0.2) is 22.4 Å². The molecule has 0 radical (unpaired) electrons. The molecule has 1 aliphatic rings. The molecule has 0 amide bonds. The normalized spacial score (nSPS) is 25.9. The number of aryl methyl sites for hydroxylation is 2. The number of aromatic nitrogens is 2. The summed E-state index contributed by atoms with van der Waals surface area (Å²) in [5.74, 6) is 0.786. The fourth-order valence-electron chi connectivity index (χ4n) is 2.65. The number of rotatable bonds is 3. The van der Waals surface area contributed by atoms with Gasteiger partial charge in [-0.25, -0.2) is 0 Å². The highest BCUT2D eigenvalue weighted by Crippen LogP contribution is 2.19. The van der Waals surface area contributed by atoms with Crippen LogP contribution in [-0.2, 0) is 13.0 Å². The van der Waals surface area contributed by atoms with Crippen LogP contribution in [0.1, 0.15) is 38.1 Å². The third-order valence-corrected chi connectivity index (χ3v) is 3.64. The fraction of sp³-hybridized carbons (Fsp3) is 0.769. The molecule has 2 atom stereocenters. The van der Waals surface area contributed by atoms with Crippen LogP contribution in [0.2, 0.25) is 0 Å². The van der Waals surface area contributed by atoms with Crippen LogP contribution in [0, 0.1) is 12.8 Å². The van der Waals surface area contributed by atoms with Gasteiger partial charge in [0.05, 0.1) is 5.69 Å². The quantitative estimate of drug-likeness (QED) is 0.847. The van der Waals surface area contributed by atoms with Gasteiger partial charge in [-0.15, -0.1) is 0 Å². The average molecular weight is 221 g/mol. The van der Waals surface area contributed by atoms with Gasteiger partial charge in [0, 0.05) is 24.7 Å². The van der Waals surface area contributed by atoms with Crippen molar-refractivity contribution in [3.63, 3.8) is 0 Å². The van der Waals surface area contributed by atoms with Gasteiger partial charge in [0.15, 0.2) is 0 Å². The van der Waals surface area contributed by atoms with Crippen LogP contribution in [0.5, 0.6) is 0 Å². The van der Waals surface area contributed by atoms with Gasteiger partial charge in [0.2, 0.25) is 0 Å². The van der Waals surface area contributed by atoms with Gasteiger partial charge in [-0.2, -0.15) is 5.10 Å². The molecule has 3 heteroatoms. The van der Waals surface area contributed by atoms with Gasteiger partial charge in [-0.05, 0) is 45.2 Å². The van der Waals surface area contributed by atoms with Crippen molar-refractivity contribution in [1.29, 1.82) is 0 Å². The first kappa shape index (κ1) is 11.6. The lowest BCUT2D eigenvalue weighted by Crippen LogP contribution is -2.41. The number of hydrogen-bond acceptors (Lipinski definition) is 2. The molecule has 2 rings (SSSR count). The predicted molar refractivity (Wildman–Crippen MR) is 66.5 cm³/mol. The standard InChI is InChI=1S/C13H23N3/c1-4-16-12(8-11(3)15-16)9-13-10(2)6-5-7-14-13/h8,10,13-14H,4-7,9H2,1-3H3. The molecule has 1 aromatic heterocycles. The van der Waals surface area contributed by atoms with Crippen molar-refractivity contribution in [3.05, 3.63) is 17.5 Å². The van der Waals surface area contributed by atoms with E-state index in [0.29, 0.717) is 6.04 Å². The van der Waals surface area contributed by atoms with Crippen molar-refractivity contribution in [2.75, 3.05) is 6.54 Å². The van der Waals surface area contributed by atoms with E-state index in [2.05, 4.69) is 41.9 Å². The minimum Gasteiger partial charge on any atom is -0.313 e. The molecule has 0 bridgehead atoms. The molecule has 16 heavy (non-hydrogen) atoms. The summed E-state index contributed by atoms with van der Waals surface area (Å²) in [6.45, 7) is 8.75. The van der Waals surface area contributed by atoms with Crippen LogP contribution >= 0.6 is 0 Å². The SMILES string of the molecule is CCn1nc(C)cc1CC1NCCCC1C. The number of nitrogens with one attached hydrogen (secondary N) is 1. The van der Waals surface area contributed by atoms with E-state index in [9.17, 15) is 0 Å². The highest BCUT2D eigenvalue weighted by Gasteiger charge is 2.22. The largest absolute Gasteiger partial charge is 0.313 e. The second-order valence-electron chi connectivity index (χ2n) is 4.98. The number of piperidine rings is 1. The minimum atomic E-state index is 0.634. The molecule has 1 aromatic rings. The summed E-state index contributed by atoms with van der Waals surface area (Å²) in [6.07, 6.45) is 3.80. The first-order chi connectivity index (χ1) is 7.70. The lowest BCUT2D eigenvalue weighted by Gasteiger charge is -2.30. The summed E-state index contributed by atoms with van der Waals surface area (Å²) >= 11 is 0. The van der Waals surface area contributed by atoms with Crippen molar-refractivity contribution < 1.29 is 0 Å². The van der Waals surface area contributed by atoms with Crippen LogP contribution in [0.4, 0.5) is 0 Å². The summed E-state index contributed by atoms with van der Waals surface area (Å²) < 4.78 is 2.14. The molecule has 0 aliphatic carbocycles. The van der Waals surface area contributed by atoms with Crippen LogP contribution in [0.15, 0.2) is 6.07 Å². The second kappa shape index (κ2) is 5.00. The van der Waals surface area contributed by atoms with Crippen LogP contribution < -0.4 is 5.32 Å². The number of nitrogens with zero attached hydrogens (tertiary/aromatic N) is 2. The Balaban J connectivity index is 2.06. The maximum Gasteiger partial charge on any atom is 0.0596 e. The third kappa shape index (κ3) is 2.46. The topological polar surface area (TPSA) is 29.9 Å². The molecule has 0 spiro atoms. The first-order valence-corrected chi connectivity index (χ1v) is 6.47. The molecular weight excluding hydrogens is 198 g/mol. The zero-order chi connectivity index (χ0) is 11.5. The molecule has 3 nitrogen and oxygen atoms in total. The second-order valence-corrected chi connectivity index (χ2v) is 4.98. The van der Waals surface area contributed by atoms with Crippen molar-refractivity contribution in [2.45, 2.75) is 52.6 Å². The van der Waals surface area contributed by atoms with E-state index in [1.54, 1.807) is 0 Å². The monoisotopic (exact) mass is 221 g/mol. The number of hydrogen-bond donors (Lipinski definition) is 1. The summed E-state index contributed by atoms with van der Waals surface area (Å²) in [5, 5.41) is 8.15. The van der Waals surface area contributed by atoms with Crippen LogP contribution in [0.25, 0.3) is 0 Å². The van der Waals surface area contributed by atoms with Gasteiger partial charge in [-0.1, -0.05) is 6.92 Å². The van der Waals surface area contributed by atoms with E-state index in [-0.39, 0.29) is 0 Å². The molecular formula is C13H23N3. The van der Waals surface area contributed by atoms with E-state index in [4.69, 9.17) is 0 Å². The van der Waals surface area contributed by atoms with Crippen molar-refractivity contribution in [1.82, 2.24) is 15.1 Å². The Morgan fingerprint density at radius 1 is 1.56 bits per heavy atom. The molecule has 1 aliphatic heterocycles. The van der Waals surface area contributed by atoms with E-state index in [0.717, 1.165) is 24.6 Å². The van der Waals surface area contributed by atoms with Crippen molar-refractivity contribution in [2.24, 2.45) is 5.92 Å². The highest BCUT2D eigenvalue weighted by molar-refractivity contribution is 5.11. The fourth-order valence-corrected chi connectivity index (χ4v) is 2.65. The Kier molecular flexibility index (Phi) is 3.64. The summed E-state index contributed by atoms with van der Waals surface area (Å²) in [4.78, 5) is 0. The van der Waals surface area contributed by atoms with E-state index in [1.807, 2.05) is 0 Å². The van der Waals surface area contributed by atoms with Gasteiger partial charge < -0.3 is 5.32 Å². The zero-order valence-corrected chi connectivity index (χ0v) is 10.7. The predicted octanol–water partition coefficient (Wildman–Crippen LogP) is 2.14. The molecule has 2 unspecified atom stereocenters. The molecule has 1 N–H and O–H groups in total. The van der Waals surface area contributed by atoms with E-state index in [1.165, 1.54) is 25.1 Å². The van der Waals surface area contributed by atoms with Crippen LogP contribution in [0.3, 0.4) is 0 Å². The van der Waals surface area contributed by atoms with Gasteiger partial charge in [0.1, 0.15) is 0 Å². The molecule has 1 fully saturated rings. The molecule has 2 heterocycles. The first-order valence-electron chi connectivity index (χ1n) is 6.47. The Morgan fingerprint density at radius 3 is 3.06 bits per heavy atom. The Labute approximate surface area is 98.2 Å². The molecule has 0 aromatic carbocycles. The van der Waals surface area contributed by atoms with E-state index < -0.39 is 0 Å². The minimum absolute atomic E-state index is 0.634. The van der Waals surface area contributed by atoms with Gasteiger partial charge >= 0.3 is 0 Å². The Hall–Kier alpha value is -0.830. The smallest absolute Gasteiger partial charge is 0.0596 e. The van der Waals surface area contributed by atoms with E-state index >= 15 is 0 Å². The third-order valence-electron chi connectivity index (χ3n) is 3.64. The molecule has 1 saturated heterocycles. The Bertz CT molecular complexity index is 343. The lowest BCUT2D eigenvalue weighted by atomic mass is 9.90. The molecule has 0 saturated carbocycles. The lowest BCUT2D eigenvalue weighted by molar-refractivity contribution is 0.294.